The molecule has 0 fully saturated rings. The highest BCUT2D eigenvalue weighted by Crippen LogP contribution is 2.27. The molecule has 0 bridgehead atoms. The Morgan fingerprint density at radius 2 is 1.75 bits per heavy atom. The molecular weight excluding hydrogens is 374 g/mol. The fraction of sp³-hybridized carbons (Fsp3) is 0.238. The van der Waals surface area contributed by atoms with Crippen LogP contribution >= 0.6 is 0 Å². The number of aryl methyl sites for hydroxylation is 2. The monoisotopic (exact) mass is 397 g/mol. The Labute approximate surface area is 165 Å². The van der Waals surface area contributed by atoms with E-state index in [2.05, 4.69) is 10.3 Å². The maximum atomic E-state index is 12.4. The number of carbonyl (C=O) groups is 1. The largest absolute Gasteiger partial charge is 0.326 e. The first-order valence-corrected chi connectivity index (χ1v) is 10.8. The minimum Gasteiger partial charge on any atom is -0.326 e. The van der Waals surface area contributed by atoms with Gasteiger partial charge in [-0.15, -0.1) is 0 Å². The second-order valence-corrected chi connectivity index (χ2v) is 8.77. The van der Waals surface area contributed by atoms with Gasteiger partial charge in [0.1, 0.15) is 0 Å². The van der Waals surface area contributed by atoms with Crippen LogP contribution in [0.15, 0.2) is 54.7 Å². The summed E-state index contributed by atoms with van der Waals surface area (Å²) in [5.41, 5.74) is 3.87. The Bertz CT molecular complexity index is 1100. The van der Waals surface area contributed by atoms with Gasteiger partial charge in [-0.1, -0.05) is 24.3 Å². The third kappa shape index (κ3) is 4.67. The molecule has 1 heterocycles. The van der Waals surface area contributed by atoms with Crippen LogP contribution in [0.25, 0.3) is 10.9 Å². The quantitative estimate of drug-likeness (QED) is 0.689. The fourth-order valence-electron chi connectivity index (χ4n) is 3.23. The van der Waals surface area contributed by atoms with E-state index in [0.29, 0.717) is 16.9 Å². The highest BCUT2D eigenvalue weighted by molar-refractivity contribution is 7.92. The Balaban J connectivity index is 1.81. The summed E-state index contributed by atoms with van der Waals surface area (Å²) in [7, 11) is -3.58. The Morgan fingerprint density at radius 3 is 2.43 bits per heavy atom. The van der Waals surface area contributed by atoms with E-state index in [-0.39, 0.29) is 18.9 Å². The van der Waals surface area contributed by atoms with E-state index in [0.717, 1.165) is 22.8 Å². The zero-order valence-electron chi connectivity index (χ0n) is 16.1. The van der Waals surface area contributed by atoms with Crippen LogP contribution in [0.4, 0.5) is 11.4 Å². The van der Waals surface area contributed by atoms with Gasteiger partial charge in [0.05, 0.1) is 17.5 Å². The highest BCUT2D eigenvalue weighted by Gasteiger charge is 2.21. The van der Waals surface area contributed by atoms with E-state index >= 15 is 0 Å². The van der Waals surface area contributed by atoms with Crippen LogP contribution in [0.5, 0.6) is 0 Å². The molecule has 0 atom stereocenters. The lowest BCUT2D eigenvalue weighted by atomic mass is 10.1. The van der Waals surface area contributed by atoms with Gasteiger partial charge in [0.2, 0.25) is 15.9 Å². The van der Waals surface area contributed by atoms with Crippen LogP contribution in [0.2, 0.25) is 0 Å². The molecule has 2 aromatic carbocycles. The molecule has 6 nitrogen and oxygen atoms in total. The number of pyridine rings is 1. The lowest BCUT2D eigenvalue weighted by Crippen LogP contribution is -2.33. The van der Waals surface area contributed by atoms with Gasteiger partial charge in [-0.05, 0) is 49.2 Å². The molecule has 1 amide bonds. The maximum absolute atomic E-state index is 12.4. The van der Waals surface area contributed by atoms with Crippen molar-refractivity contribution in [3.8, 4) is 0 Å². The summed E-state index contributed by atoms with van der Waals surface area (Å²) in [6.45, 7) is 3.95. The fourth-order valence-corrected chi connectivity index (χ4v) is 4.16. The van der Waals surface area contributed by atoms with Crippen LogP contribution in [0.3, 0.4) is 0 Å². The van der Waals surface area contributed by atoms with Crippen molar-refractivity contribution in [1.82, 2.24) is 4.98 Å². The molecular formula is C21H23N3O3S. The van der Waals surface area contributed by atoms with Crippen LogP contribution in [-0.2, 0) is 14.8 Å². The lowest BCUT2D eigenvalue weighted by Gasteiger charge is -2.23. The summed E-state index contributed by atoms with van der Waals surface area (Å²) in [5.74, 6) is -0.244. The number of benzene rings is 2. The molecule has 3 aromatic rings. The van der Waals surface area contributed by atoms with Gasteiger partial charge in [0.15, 0.2) is 0 Å². The van der Waals surface area contributed by atoms with Crippen molar-refractivity contribution in [2.45, 2.75) is 20.3 Å². The molecule has 1 aromatic heterocycles. The molecule has 0 saturated carbocycles. The number of amides is 1. The number of para-hydroxylation sites is 1. The van der Waals surface area contributed by atoms with E-state index in [1.807, 2.05) is 44.2 Å². The van der Waals surface area contributed by atoms with Crippen LogP contribution < -0.4 is 9.62 Å². The Hall–Kier alpha value is -2.93. The number of hydrogen-bond acceptors (Lipinski definition) is 4. The number of carbonyl (C=O) groups excluding carboxylic acids is 1. The van der Waals surface area contributed by atoms with Gasteiger partial charge >= 0.3 is 0 Å². The third-order valence-corrected chi connectivity index (χ3v) is 5.51. The number of aromatic nitrogens is 1. The molecule has 0 aliphatic rings. The maximum Gasteiger partial charge on any atom is 0.232 e. The smallest absolute Gasteiger partial charge is 0.232 e. The predicted molar refractivity (Wildman–Crippen MR) is 113 cm³/mol. The molecule has 1 N–H and O–H groups in total. The average molecular weight is 398 g/mol. The first kappa shape index (κ1) is 19.8. The normalized spacial score (nSPS) is 11.4. The first-order valence-electron chi connectivity index (χ1n) is 8.93. The molecule has 0 unspecified atom stereocenters. The van der Waals surface area contributed by atoms with E-state index in [4.69, 9.17) is 0 Å². The molecule has 28 heavy (non-hydrogen) atoms. The van der Waals surface area contributed by atoms with Crippen molar-refractivity contribution in [2.24, 2.45) is 0 Å². The van der Waals surface area contributed by atoms with Crippen LogP contribution in [0.1, 0.15) is 17.5 Å². The van der Waals surface area contributed by atoms with Gasteiger partial charge < -0.3 is 5.32 Å². The molecule has 0 spiro atoms. The molecule has 0 radical (unpaired) electrons. The zero-order valence-corrected chi connectivity index (χ0v) is 17.0. The van der Waals surface area contributed by atoms with Gasteiger partial charge in [-0.2, -0.15) is 0 Å². The molecule has 0 aliphatic carbocycles. The van der Waals surface area contributed by atoms with Crippen molar-refractivity contribution < 1.29 is 13.2 Å². The minimum atomic E-state index is -3.58. The lowest BCUT2D eigenvalue weighted by molar-refractivity contribution is -0.116. The summed E-state index contributed by atoms with van der Waals surface area (Å²) >= 11 is 0. The number of nitrogens with one attached hydrogen (secondary N) is 1. The van der Waals surface area contributed by atoms with Gasteiger partial charge in [-0.25, -0.2) is 8.42 Å². The number of hydrogen-bond donors (Lipinski definition) is 1. The van der Waals surface area contributed by atoms with Crippen molar-refractivity contribution in [3.63, 3.8) is 0 Å². The van der Waals surface area contributed by atoms with Crippen LogP contribution in [-0.4, -0.2) is 32.1 Å². The molecule has 0 aliphatic heterocycles. The van der Waals surface area contributed by atoms with E-state index in [1.54, 1.807) is 24.4 Å². The number of nitrogens with zero attached hydrogens (tertiary/aromatic N) is 2. The summed E-state index contributed by atoms with van der Waals surface area (Å²) < 4.78 is 26.0. The van der Waals surface area contributed by atoms with E-state index < -0.39 is 10.0 Å². The van der Waals surface area contributed by atoms with Crippen molar-refractivity contribution in [1.29, 1.82) is 0 Å². The average Bonchev–Trinajstić information content (AvgIpc) is 2.60. The topological polar surface area (TPSA) is 79.4 Å². The zero-order chi connectivity index (χ0) is 20.3. The van der Waals surface area contributed by atoms with Gasteiger partial charge in [-0.3, -0.25) is 14.1 Å². The number of sulfonamides is 1. The summed E-state index contributed by atoms with van der Waals surface area (Å²) in [6, 6.07) is 14.8. The van der Waals surface area contributed by atoms with Gasteiger partial charge in [0.25, 0.3) is 0 Å². The molecule has 7 heteroatoms. The number of rotatable bonds is 6. The van der Waals surface area contributed by atoms with Crippen molar-refractivity contribution in [3.05, 3.63) is 65.9 Å². The second kappa shape index (κ2) is 7.98. The minimum absolute atomic E-state index is 0.0310. The third-order valence-electron chi connectivity index (χ3n) is 4.33. The first-order chi connectivity index (χ1) is 13.2. The van der Waals surface area contributed by atoms with E-state index in [9.17, 15) is 13.2 Å². The Kier molecular flexibility index (Phi) is 5.65. The second-order valence-electron chi connectivity index (χ2n) is 6.86. The van der Waals surface area contributed by atoms with Crippen molar-refractivity contribution >= 4 is 38.2 Å². The van der Waals surface area contributed by atoms with Gasteiger partial charge in [0, 0.05) is 30.2 Å². The summed E-state index contributed by atoms with van der Waals surface area (Å²) in [4.78, 5) is 16.7. The standard InChI is InChI=1S/C21H23N3O3S/c1-15-12-16(2)14-18(13-15)23-20(25)9-11-24(28(3,26)27)19-8-4-6-17-7-5-10-22-21(17)19/h4-8,10,12-14H,9,11H2,1-3H3,(H,23,25). The van der Waals surface area contributed by atoms with Crippen molar-refractivity contribution in [2.75, 3.05) is 22.4 Å². The highest BCUT2D eigenvalue weighted by atomic mass is 32.2. The SMILES string of the molecule is Cc1cc(C)cc(NC(=O)CCN(c2cccc3cccnc23)S(C)(=O)=O)c1. The predicted octanol–water partition coefficient (Wildman–Crippen LogP) is 3.65. The molecule has 146 valence electrons. The van der Waals surface area contributed by atoms with Crippen LogP contribution in [0, 0.1) is 13.8 Å². The Morgan fingerprint density at radius 1 is 1.07 bits per heavy atom. The summed E-state index contributed by atoms with van der Waals surface area (Å²) in [5, 5.41) is 3.68. The number of anilines is 2. The molecule has 3 rings (SSSR count). The molecule has 0 saturated heterocycles. The summed E-state index contributed by atoms with van der Waals surface area (Å²) in [6.07, 6.45) is 2.79. The number of fused-ring (bicyclic) bond motifs is 1. The van der Waals surface area contributed by atoms with E-state index in [1.165, 1.54) is 4.31 Å².